The van der Waals surface area contributed by atoms with Crippen LogP contribution in [0.2, 0.25) is 5.02 Å². The van der Waals surface area contributed by atoms with E-state index in [1.165, 1.54) is 12.1 Å². The molecule has 0 aliphatic rings. The van der Waals surface area contributed by atoms with Crippen molar-refractivity contribution in [2.45, 2.75) is 11.8 Å². The molecule has 0 heterocycles. The van der Waals surface area contributed by atoms with E-state index < -0.39 is 10.0 Å². The van der Waals surface area contributed by atoms with Crippen molar-refractivity contribution in [2.75, 3.05) is 10.5 Å². The molecule has 8 heteroatoms. The number of nitrogen functional groups attached to an aromatic ring is 1. The fourth-order valence-electron chi connectivity index (χ4n) is 1.77. The molecule has 0 spiro atoms. The van der Waals surface area contributed by atoms with Gasteiger partial charge >= 0.3 is 0 Å². The number of sulfonamides is 1. The van der Waals surface area contributed by atoms with Gasteiger partial charge < -0.3 is 5.73 Å². The van der Waals surface area contributed by atoms with Gasteiger partial charge in [-0.15, -0.1) is 0 Å². The van der Waals surface area contributed by atoms with Crippen molar-refractivity contribution < 1.29 is 8.42 Å². The van der Waals surface area contributed by atoms with Gasteiger partial charge in [0.1, 0.15) is 4.90 Å². The first-order chi connectivity index (χ1) is 9.70. The summed E-state index contributed by atoms with van der Waals surface area (Å²) in [5.74, 6) is 0. The maximum atomic E-state index is 12.5. The van der Waals surface area contributed by atoms with E-state index in [2.05, 4.69) is 36.6 Å². The predicted octanol–water partition coefficient (Wildman–Crippen LogP) is 4.56. The van der Waals surface area contributed by atoms with Crippen LogP contribution >= 0.6 is 43.5 Å². The average Bonchev–Trinajstić information content (AvgIpc) is 2.30. The van der Waals surface area contributed by atoms with Crippen LogP contribution in [0.4, 0.5) is 11.4 Å². The number of hydrogen-bond acceptors (Lipinski definition) is 3. The molecule has 2 aromatic rings. The van der Waals surface area contributed by atoms with Gasteiger partial charge in [-0.25, -0.2) is 8.42 Å². The third-order valence-electron chi connectivity index (χ3n) is 2.72. The first-order valence-corrected chi connectivity index (χ1v) is 9.19. The molecule has 0 saturated heterocycles. The SMILES string of the molecule is Cc1cc(Cl)ccc1NS(=O)(=O)c1c(Br)cc(N)cc1Br. The molecule has 3 N–H and O–H groups in total. The second kappa shape index (κ2) is 6.16. The van der Waals surface area contributed by atoms with Gasteiger partial charge in [0, 0.05) is 19.7 Å². The number of anilines is 2. The van der Waals surface area contributed by atoms with E-state index in [1.807, 2.05) is 0 Å². The van der Waals surface area contributed by atoms with E-state index in [9.17, 15) is 8.42 Å². The maximum absolute atomic E-state index is 12.5. The highest BCUT2D eigenvalue weighted by molar-refractivity contribution is 9.11. The van der Waals surface area contributed by atoms with Crippen LogP contribution in [0, 0.1) is 6.92 Å². The Bertz CT molecular complexity index is 787. The third-order valence-corrected chi connectivity index (χ3v) is 6.20. The summed E-state index contributed by atoms with van der Waals surface area (Å²) in [5.41, 5.74) is 7.33. The molecule has 0 aliphatic heterocycles. The van der Waals surface area contributed by atoms with Gasteiger partial charge in [-0.05, 0) is 74.7 Å². The molecule has 0 aliphatic carbocycles. The van der Waals surface area contributed by atoms with Crippen LogP contribution in [0.15, 0.2) is 44.2 Å². The van der Waals surface area contributed by atoms with Crippen molar-refractivity contribution in [1.29, 1.82) is 0 Å². The molecule has 0 fully saturated rings. The number of halogens is 3. The number of nitrogens with two attached hydrogens (primary N) is 1. The molecule has 0 aromatic heterocycles. The van der Waals surface area contributed by atoms with Gasteiger partial charge in [-0.1, -0.05) is 11.6 Å². The minimum absolute atomic E-state index is 0.0889. The van der Waals surface area contributed by atoms with Crippen LogP contribution in [0.3, 0.4) is 0 Å². The van der Waals surface area contributed by atoms with Crippen LogP contribution in [0.25, 0.3) is 0 Å². The standard InChI is InChI=1S/C13H11Br2ClN2O2S/c1-7-4-8(16)2-3-12(7)18-21(19,20)13-10(14)5-9(17)6-11(13)15/h2-6,18H,17H2,1H3. The highest BCUT2D eigenvalue weighted by Crippen LogP contribution is 2.34. The molecule has 0 radical (unpaired) electrons. The van der Waals surface area contributed by atoms with Crippen molar-refractivity contribution >= 4 is 64.9 Å². The normalized spacial score (nSPS) is 11.4. The fourth-order valence-corrected chi connectivity index (χ4v) is 5.75. The molecule has 0 unspecified atom stereocenters. The Morgan fingerprint density at radius 2 is 1.71 bits per heavy atom. The third kappa shape index (κ3) is 3.71. The number of nitrogens with one attached hydrogen (secondary N) is 1. The lowest BCUT2D eigenvalue weighted by Gasteiger charge is -2.13. The van der Waals surface area contributed by atoms with Crippen molar-refractivity contribution in [1.82, 2.24) is 0 Å². The first-order valence-electron chi connectivity index (χ1n) is 5.74. The number of rotatable bonds is 3. The van der Waals surface area contributed by atoms with Crippen molar-refractivity contribution in [2.24, 2.45) is 0 Å². The topological polar surface area (TPSA) is 72.2 Å². The molecule has 0 saturated carbocycles. The maximum Gasteiger partial charge on any atom is 0.264 e. The van der Waals surface area contributed by atoms with Crippen molar-refractivity contribution in [3.63, 3.8) is 0 Å². The zero-order valence-electron chi connectivity index (χ0n) is 10.8. The highest BCUT2D eigenvalue weighted by atomic mass is 79.9. The lowest BCUT2D eigenvalue weighted by molar-refractivity contribution is 0.600. The van der Waals surface area contributed by atoms with Crippen LogP contribution in [-0.4, -0.2) is 8.42 Å². The Morgan fingerprint density at radius 3 is 2.24 bits per heavy atom. The summed E-state index contributed by atoms with van der Waals surface area (Å²) in [7, 11) is -3.77. The molecular formula is C13H11Br2ClN2O2S. The largest absolute Gasteiger partial charge is 0.399 e. The zero-order valence-corrected chi connectivity index (χ0v) is 15.6. The minimum atomic E-state index is -3.77. The number of hydrogen-bond donors (Lipinski definition) is 2. The van der Waals surface area contributed by atoms with E-state index in [1.54, 1.807) is 25.1 Å². The van der Waals surface area contributed by atoms with Gasteiger partial charge in [0.15, 0.2) is 0 Å². The highest BCUT2D eigenvalue weighted by Gasteiger charge is 2.22. The Hall–Kier alpha value is -0.760. The first kappa shape index (κ1) is 16.6. The van der Waals surface area contributed by atoms with Crippen LogP contribution in [-0.2, 0) is 10.0 Å². The van der Waals surface area contributed by atoms with Gasteiger partial charge in [0.05, 0.1) is 5.69 Å². The summed E-state index contributed by atoms with van der Waals surface area (Å²) in [6.45, 7) is 1.77. The molecule has 0 atom stereocenters. The monoisotopic (exact) mass is 452 g/mol. The summed E-state index contributed by atoms with van der Waals surface area (Å²) < 4.78 is 28.4. The second-order valence-electron chi connectivity index (χ2n) is 4.38. The van der Waals surface area contributed by atoms with Crippen LogP contribution < -0.4 is 10.5 Å². The van der Waals surface area contributed by atoms with E-state index >= 15 is 0 Å². The molecule has 0 amide bonds. The second-order valence-corrected chi connectivity index (χ2v) is 8.14. The summed E-state index contributed by atoms with van der Waals surface area (Å²) in [6, 6.07) is 8.00. The van der Waals surface area contributed by atoms with Gasteiger partial charge in [0.25, 0.3) is 10.0 Å². The van der Waals surface area contributed by atoms with Crippen molar-refractivity contribution in [3.8, 4) is 0 Å². The molecule has 0 bridgehead atoms. The lowest BCUT2D eigenvalue weighted by atomic mass is 10.2. The minimum Gasteiger partial charge on any atom is -0.399 e. The lowest BCUT2D eigenvalue weighted by Crippen LogP contribution is -2.15. The summed E-state index contributed by atoms with van der Waals surface area (Å²) in [4.78, 5) is 0.0889. The molecule has 2 aromatic carbocycles. The fraction of sp³-hybridized carbons (Fsp3) is 0.0769. The van der Waals surface area contributed by atoms with E-state index in [-0.39, 0.29) is 4.90 Å². The van der Waals surface area contributed by atoms with Crippen LogP contribution in [0.5, 0.6) is 0 Å². The number of benzene rings is 2. The predicted molar refractivity (Wildman–Crippen MR) is 93.3 cm³/mol. The van der Waals surface area contributed by atoms with Crippen molar-refractivity contribution in [3.05, 3.63) is 49.9 Å². The molecule has 21 heavy (non-hydrogen) atoms. The Kier molecular flexibility index (Phi) is 4.87. The van der Waals surface area contributed by atoms with E-state index in [4.69, 9.17) is 17.3 Å². The molecule has 2 rings (SSSR count). The summed E-state index contributed by atoms with van der Waals surface area (Å²) in [6.07, 6.45) is 0. The zero-order chi connectivity index (χ0) is 15.8. The summed E-state index contributed by atoms with van der Waals surface area (Å²) in [5, 5.41) is 0.547. The average molecular weight is 455 g/mol. The van der Waals surface area contributed by atoms with E-state index in [0.29, 0.717) is 25.3 Å². The Balaban J connectivity index is 2.48. The number of aryl methyl sites for hydroxylation is 1. The summed E-state index contributed by atoms with van der Waals surface area (Å²) >= 11 is 12.3. The molecule has 4 nitrogen and oxygen atoms in total. The molecular weight excluding hydrogens is 443 g/mol. The van der Waals surface area contributed by atoms with Gasteiger partial charge in [-0.2, -0.15) is 0 Å². The smallest absolute Gasteiger partial charge is 0.264 e. The Labute approximate surface area is 145 Å². The quantitative estimate of drug-likeness (QED) is 0.668. The molecule has 112 valence electrons. The Morgan fingerprint density at radius 1 is 1.14 bits per heavy atom. The van der Waals surface area contributed by atoms with E-state index in [0.717, 1.165) is 5.56 Å². The van der Waals surface area contributed by atoms with Gasteiger partial charge in [0.2, 0.25) is 0 Å². The van der Waals surface area contributed by atoms with Gasteiger partial charge in [-0.3, -0.25) is 4.72 Å². The van der Waals surface area contributed by atoms with Crippen LogP contribution in [0.1, 0.15) is 5.56 Å².